The Morgan fingerprint density at radius 2 is 2.23 bits per heavy atom. The van der Waals surface area contributed by atoms with Gasteiger partial charge in [0.25, 0.3) is 0 Å². The minimum absolute atomic E-state index is 0. The second-order valence-electron chi connectivity index (χ2n) is 2.23. The Bertz CT molecular complexity index is 239. The van der Waals surface area contributed by atoms with E-state index in [1.54, 1.807) is 6.20 Å². The first-order chi connectivity index (χ1) is 6.29. The Morgan fingerprint density at radius 1 is 1.54 bits per heavy atom. The second-order valence-corrected chi connectivity index (χ2v) is 2.23. The fourth-order valence-electron chi connectivity index (χ4n) is 0.718. The van der Waals surface area contributed by atoms with Crippen LogP contribution in [-0.4, -0.2) is 10.9 Å². The zero-order valence-electron chi connectivity index (χ0n) is 8.37. The zero-order valence-corrected chi connectivity index (χ0v) is 8.37. The van der Waals surface area contributed by atoms with Crippen LogP contribution in [0.1, 0.15) is 27.9 Å². The van der Waals surface area contributed by atoms with Crippen LogP contribution in [-0.2, 0) is 11.3 Å². The number of aromatic nitrogens is 1. The first-order valence-corrected chi connectivity index (χ1v) is 4.43. The average Bonchev–Trinajstić information content (AvgIpc) is 2.19. The van der Waals surface area contributed by atoms with Crippen molar-refractivity contribution in [3.63, 3.8) is 0 Å². The molecule has 1 heterocycles. The molecule has 0 aromatic carbocycles. The van der Waals surface area contributed by atoms with Gasteiger partial charge in [0, 0.05) is 14.5 Å². The number of rotatable bonds is 2. The summed E-state index contributed by atoms with van der Waals surface area (Å²) in [6, 6.07) is 5.61. The van der Waals surface area contributed by atoms with Gasteiger partial charge in [0.2, 0.25) is 5.91 Å². The van der Waals surface area contributed by atoms with Crippen molar-refractivity contribution in [3.05, 3.63) is 30.1 Å². The molecule has 0 saturated carbocycles. The van der Waals surface area contributed by atoms with E-state index in [9.17, 15) is 4.79 Å². The average molecular weight is 182 g/mol. The van der Waals surface area contributed by atoms with Gasteiger partial charge < -0.3 is 5.32 Å². The van der Waals surface area contributed by atoms with E-state index in [0.717, 1.165) is 5.69 Å². The number of nitrogens with one attached hydrogen (secondary N) is 1. The van der Waals surface area contributed by atoms with Gasteiger partial charge in [-0.05, 0) is 12.1 Å². The van der Waals surface area contributed by atoms with Gasteiger partial charge in [-0.25, -0.2) is 0 Å². The SMILES string of the molecule is CC.CC(=O)NCc1ccccn1.[HH]. The fraction of sp³-hybridized carbons (Fsp3) is 0.400. The Hall–Kier alpha value is -1.38. The summed E-state index contributed by atoms with van der Waals surface area (Å²) in [6.45, 7) is 6.00. The summed E-state index contributed by atoms with van der Waals surface area (Å²) >= 11 is 0. The quantitative estimate of drug-likeness (QED) is 0.760. The van der Waals surface area contributed by atoms with Gasteiger partial charge in [-0.2, -0.15) is 0 Å². The summed E-state index contributed by atoms with van der Waals surface area (Å²) in [5.74, 6) is -0.0318. The van der Waals surface area contributed by atoms with Crippen LogP contribution in [0, 0.1) is 0 Å². The predicted octanol–water partition coefficient (Wildman–Crippen LogP) is 1.99. The van der Waals surface area contributed by atoms with Crippen LogP contribution in [0.5, 0.6) is 0 Å². The highest BCUT2D eigenvalue weighted by molar-refractivity contribution is 5.72. The molecule has 0 atom stereocenters. The molecule has 0 saturated heterocycles. The Morgan fingerprint density at radius 3 is 2.69 bits per heavy atom. The summed E-state index contributed by atoms with van der Waals surface area (Å²) in [5.41, 5.74) is 0.878. The highest BCUT2D eigenvalue weighted by Gasteiger charge is 1.92. The van der Waals surface area contributed by atoms with Crippen molar-refractivity contribution in [2.45, 2.75) is 27.3 Å². The first kappa shape index (κ1) is 11.6. The van der Waals surface area contributed by atoms with Crippen molar-refractivity contribution in [1.29, 1.82) is 0 Å². The van der Waals surface area contributed by atoms with E-state index in [2.05, 4.69) is 10.3 Å². The van der Waals surface area contributed by atoms with E-state index in [1.165, 1.54) is 6.92 Å². The lowest BCUT2D eigenvalue weighted by atomic mass is 10.3. The molecule has 1 amide bonds. The molecule has 74 valence electrons. The van der Waals surface area contributed by atoms with Crippen LogP contribution in [0.15, 0.2) is 24.4 Å². The van der Waals surface area contributed by atoms with Crippen molar-refractivity contribution in [2.75, 3.05) is 0 Å². The molecular formula is C10H18N2O. The van der Waals surface area contributed by atoms with Crippen LogP contribution >= 0.6 is 0 Å². The van der Waals surface area contributed by atoms with Crippen LogP contribution in [0.2, 0.25) is 0 Å². The van der Waals surface area contributed by atoms with E-state index < -0.39 is 0 Å². The van der Waals surface area contributed by atoms with E-state index >= 15 is 0 Å². The number of amides is 1. The van der Waals surface area contributed by atoms with E-state index in [4.69, 9.17) is 0 Å². The molecule has 0 spiro atoms. The zero-order chi connectivity index (χ0) is 10.1. The highest BCUT2D eigenvalue weighted by Crippen LogP contribution is 1.90. The van der Waals surface area contributed by atoms with Crippen LogP contribution in [0.4, 0.5) is 0 Å². The standard InChI is InChI=1S/C8H10N2O.C2H6.H2/c1-7(11)10-6-8-4-2-3-5-9-8;1-2;/h2-5H,6H2,1H3,(H,10,11);1-2H3;1H. The molecule has 3 nitrogen and oxygen atoms in total. The van der Waals surface area contributed by atoms with Crippen molar-refractivity contribution >= 4 is 5.91 Å². The van der Waals surface area contributed by atoms with Crippen molar-refractivity contribution < 1.29 is 6.22 Å². The maximum atomic E-state index is 10.5. The monoisotopic (exact) mass is 182 g/mol. The number of nitrogens with zero attached hydrogens (tertiary/aromatic N) is 1. The number of hydrogen-bond donors (Lipinski definition) is 1. The topological polar surface area (TPSA) is 42.0 Å². The molecule has 1 N–H and O–H groups in total. The van der Waals surface area contributed by atoms with Gasteiger partial charge in [0.1, 0.15) is 0 Å². The Kier molecular flexibility index (Phi) is 6.51. The van der Waals surface area contributed by atoms with E-state index in [-0.39, 0.29) is 7.33 Å². The summed E-state index contributed by atoms with van der Waals surface area (Å²) in [6.07, 6.45) is 1.71. The van der Waals surface area contributed by atoms with Crippen LogP contribution in [0.25, 0.3) is 0 Å². The molecule has 3 heteroatoms. The van der Waals surface area contributed by atoms with Gasteiger partial charge >= 0.3 is 0 Å². The normalized spacial score (nSPS) is 8.23. The number of carbonyl (C=O) groups excluding carboxylic acids is 1. The molecule has 0 radical (unpaired) electrons. The lowest BCUT2D eigenvalue weighted by molar-refractivity contribution is -0.119. The fourth-order valence-corrected chi connectivity index (χ4v) is 0.718. The van der Waals surface area contributed by atoms with Crippen LogP contribution < -0.4 is 5.32 Å². The van der Waals surface area contributed by atoms with Gasteiger partial charge in [-0.1, -0.05) is 19.9 Å². The molecule has 1 rings (SSSR count). The van der Waals surface area contributed by atoms with Gasteiger partial charge in [-0.15, -0.1) is 0 Å². The minimum atomic E-state index is -0.0318. The van der Waals surface area contributed by atoms with Gasteiger partial charge in [0.15, 0.2) is 0 Å². The molecule has 13 heavy (non-hydrogen) atoms. The predicted molar refractivity (Wildman–Crippen MR) is 55.2 cm³/mol. The largest absolute Gasteiger partial charge is 0.351 e. The molecule has 0 bridgehead atoms. The Labute approximate surface area is 80.7 Å². The maximum absolute atomic E-state index is 10.5. The highest BCUT2D eigenvalue weighted by atomic mass is 16.1. The maximum Gasteiger partial charge on any atom is 0.217 e. The lowest BCUT2D eigenvalue weighted by Gasteiger charge is -1.99. The molecule has 0 aliphatic rings. The summed E-state index contributed by atoms with van der Waals surface area (Å²) < 4.78 is 0. The molecule has 0 aliphatic carbocycles. The minimum Gasteiger partial charge on any atom is -0.351 e. The molecule has 0 aliphatic heterocycles. The molecule has 0 fully saturated rings. The third kappa shape index (κ3) is 5.84. The first-order valence-electron chi connectivity index (χ1n) is 4.43. The van der Waals surface area contributed by atoms with E-state index in [0.29, 0.717) is 6.54 Å². The van der Waals surface area contributed by atoms with Crippen LogP contribution in [0.3, 0.4) is 0 Å². The number of pyridine rings is 1. The third-order valence-corrected chi connectivity index (χ3v) is 1.24. The van der Waals surface area contributed by atoms with Gasteiger partial charge in [0.05, 0.1) is 12.2 Å². The second kappa shape index (κ2) is 7.28. The smallest absolute Gasteiger partial charge is 0.217 e. The molecular weight excluding hydrogens is 164 g/mol. The van der Waals surface area contributed by atoms with Crippen molar-refractivity contribution in [1.82, 2.24) is 10.3 Å². The van der Waals surface area contributed by atoms with Gasteiger partial charge in [-0.3, -0.25) is 9.78 Å². The van der Waals surface area contributed by atoms with E-state index in [1.807, 2.05) is 32.0 Å². The third-order valence-electron chi connectivity index (χ3n) is 1.24. The molecule has 1 aromatic heterocycles. The number of carbonyl (C=O) groups is 1. The summed E-state index contributed by atoms with van der Waals surface area (Å²) in [4.78, 5) is 14.5. The lowest BCUT2D eigenvalue weighted by Crippen LogP contribution is -2.19. The summed E-state index contributed by atoms with van der Waals surface area (Å²) in [5, 5.41) is 2.66. The van der Waals surface area contributed by atoms with Crippen molar-refractivity contribution in [2.24, 2.45) is 0 Å². The molecule has 0 unspecified atom stereocenters. The summed E-state index contributed by atoms with van der Waals surface area (Å²) in [7, 11) is 0. The molecule has 1 aromatic rings. The van der Waals surface area contributed by atoms with Crippen molar-refractivity contribution in [3.8, 4) is 0 Å². The Balaban J connectivity index is 0. The number of hydrogen-bond acceptors (Lipinski definition) is 2.